The van der Waals surface area contributed by atoms with Crippen molar-refractivity contribution in [1.82, 2.24) is 0 Å². The number of anilines is 1. The summed E-state index contributed by atoms with van der Waals surface area (Å²) in [5.41, 5.74) is 13.2. The molecule has 0 aliphatic heterocycles. The highest BCUT2D eigenvalue weighted by molar-refractivity contribution is 5.43. The first kappa shape index (κ1) is 11.5. The summed E-state index contributed by atoms with van der Waals surface area (Å²) in [7, 11) is 0. The van der Waals surface area contributed by atoms with E-state index >= 15 is 0 Å². The molecule has 17 heavy (non-hydrogen) atoms. The zero-order chi connectivity index (χ0) is 12.3. The molecular weight excluding hydrogens is 212 g/mol. The van der Waals surface area contributed by atoms with Crippen LogP contribution in [-0.2, 0) is 0 Å². The Labute approximate surface area is 101 Å². The van der Waals surface area contributed by atoms with Gasteiger partial charge >= 0.3 is 0 Å². The van der Waals surface area contributed by atoms with Crippen LogP contribution in [0.1, 0.15) is 18.5 Å². The number of nitrogens with two attached hydrogens (primary N) is 2. The molecule has 0 spiro atoms. The maximum Gasteiger partial charge on any atom is 0.127 e. The smallest absolute Gasteiger partial charge is 0.127 e. The van der Waals surface area contributed by atoms with Gasteiger partial charge < -0.3 is 16.2 Å². The predicted octanol–water partition coefficient (Wildman–Crippen LogP) is 3.08. The normalized spacial score (nSPS) is 12.1. The molecule has 0 radical (unpaired) electrons. The van der Waals surface area contributed by atoms with E-state index < -0.39 is 0 Å². The monoisotopic (exact) mass is 228 g/mol. The van der Waals surface area contributed by atoms with E-state index in [1.807, 2.05) is 55.5 Å². The van der Waals surface area contributed by atoms with E-state index in [0.717, 1.165) is 22.7 Å². The van der Waals surface area contributed by atoms with Crippen molar-refractivity contribution in [3.8, 4) is 11.5 Å². The number of ether oxygens (including phenoxy) is 1. The van der Waals surface area contributed by atoms with Gasteiger partial charge in [-0.2, -0.15) is 0 Å². The van der Waals surface area contributed by atoms with E-state index in [9.17, 15) is 0 Å². The van der Waals surface area contributed by atoms with Gasteiger partial charge in [0.2, 0.25) is 0 Å². The molecule has 1 unspecified atom stereocenters. The molecule has 0 amide bonds. The molecule has 0 aliphatic rings. The van der Waals surface area contributed by atoms with Gasteiger partial charge in [-0.05, 0) is 48.9 Å². The zero-order valence-electron chi connectivity index (χ0n) is 9.76. The molecule has 2 aromatic rings. The van der Waals surface area contributed by atoms with Gasteiger partial charge in [0.15, 0.2) is 0 Å². The van der Waals surface area contributed by atoms with Crippen LogP contribution in [0.3, 0.4) is 0 Å². The van der Waals surface area contributed by atoms with Gasteiger partial charge in [-0.3, -0.25) is 0 Å². The third-order valence-electron chi connectivity index (χ3n) is 2.52. The molecule has 0 fully saturated rings. The second-order valence-corrected chi connectivity index (χ2v) is 4.03. The Bertz CT molecular complexity index is 475. The van der Waals surface area contributed by atoms with Crippen molar-refractivity contribution in [3.63, 3.8) is 0 Å². The first-order valence-electron chi connectivity index (χ1n) is 5.54. The van der Waals surface area contributed by atoms with Crippen LogP contribution >= 0.6 is 0 Å². The second kappa shape index (κ2) is 4.89. The number of hydrogen-bond donors (Lipinski definition) is 2. The van der Waals surface area contributed by atoms with Crippen LogP contribution in [0.15, 0.2) is 48.5 Å². The highest BCUT2D eigenvalue weighted by atomic mass is 16.5. The summed E-state index contributed by atoms with van der Waals surface area (Å²) in [5, 5.41) is 0. The van der Waals surface area contributed by atoms with Crippen LogP contribution in [0.25, 0.3) is 0 Å². The Hall–Kier alpha value is -2.00. The van der Waals surface area contributed by atoms with Gasteiger partial charge in [0.05, 0.1) is 0 Å². The molecule has 0 aliphatic carbocycles. The molecule has 88 valence electrons. The highest BCUT2D eigenvalue weighted by Crippen LogP contribution is 2.23. The predicted molar refractivity (Wildman–Crippen MR) is 70.0 cm³/mol. The van der Waals surface area contributed by atoms with Crippen molar-refractivity contribution in [2.24, 2.45) is 5.73 Å². The lowest BCUT2D eigenvalue weighted by atomic mass is 10.1. The van der Waals surface area contributed by atoms with E-state index in [4.69, 9.17) is 16.2 Å². The molecule has 2 rings (SSSR count). The van der Waals surface area contributed by atoms with Crippen molar-refractivity contribution in [2.75, 3.05) is 5.73 Å². The van der Waals surface area contributed by atoms with Crippen LogP contribution in [0.4, 0.5) is 5.69 Å². The standard InChI is InChI=1S/C14H16N2O/c1-10(15)11-2-6-13(7-3-11)17-14-8-4-12(16)5-9-14/h2-10H,15-16H2,1H3. The summed E-state index contributed by atoms with van der Waals surface area (Å²) in [6.07, 6.45) is 0. The fourth-order valence-electron chi connectivity index (χ4n) is 1.51. The lowest BCUT2D eigenvalue weighted by molar-refractivity contribution is 0.482. The Balaban J connectivity index is 2.11. The minimum Gasteiger partial charge on any atom is -0.457 e. The molecule has 0 saturated carbocycles. The summed E-state index contributed by atoms with van der Waals surface area (Å²) in [6, 6.07) is 15.1. The van der Waals surface area contributed by atoms with E-state index in [1.165, 1.54) is 0 Å². The van der Waals surface area contributed by atoms with Crippen molar-refractivity contribution in [2.45, 2.75) is 13.0 Å². The lowest BCUT2D eigenvalue weighted by Crippen LogP contribution is -2.04. The molecule has 0 heterocycles. The van der Waals surface area contributed by atoms with Crippen LogP contribution < -0.4 is 16.2 Å². The molecule has 0 aromatic heterocycles. The van der Waals surface area contributed by atoms with E-state index in [1.54, 1.807) is 0 Å². The van der Waals surface area contributed by atoms with Gasteiger partial charge in [0.1, 0.15) is 11.5 Å². The van der Waals surface area contributed by atoms with Crippen molar-refractivity contribution in [1.29, 1.82) is 0 Å². The minimum absolute atomic E-state index is 0.0422. The van der Waals surface area contributed by atoms with Crippen LogP contribution in [0.5, 0.6) is 11.5 Å². The summed E-state index contributed by atoms with van der Waals surface area (Å²) < 4.78 is 5.67. The van der Waals surface area contributed by atoms with Crippen LogP contribution in [0.2, 0.25) is 0 Å². The van der Waals surface area contributed by atoms with E-state index in [2.05, 4.69) is 0 Å². The fraction of sp³-hybridized carbons (Fsp3) is 0.143. The maximum atomic E-state index is 5.78. The first-order chi connectivity index (χ1) is 8.15. The second-order valence-electron chi connectivity index (χ2n) is 4.03. The molecule has 2 aromatic carbocycles. The highest BCUT2D eigenvalue weighted by Gasteiger charge is 2.00. The summed E-state index contributed by atoms with van der Waals surface area (Å²) in [4.78, 5) is 0. The first-order valence-corrected chi connectivity index (χ1v) is 5.54. The maximum absolute atomic E-state index is 5.78. The molecule has 0 bridgehead atoms. The van der Waals surface area contributed by atoms with Crippen molar-refractivity contribution in [3.05, 3.63) is 54.1 Å². The lowest BCUT2D eigenvalue weighted by Gasteiger charge is -2.08. The molecular formula is C14H16N2O. The number of hydrogen-bond acceptors (Lipinski definition) is 3. The SMILES string of the molecule is CC(N)c1ccc(Oc2ccc(N)cc2)cc1. The minimum atomic E-state index is 0.0422. The number of benzene rings is 2. The third-order valence-corrected chi connectivity index (χ3v) is 2.52. The molecule has 0 saturated heterocycles. The van der Waals surface area contributed by atoms with E-state index in [-0.39, 0.29) is 6.04 Å². The van der Waals surface area contributed by atoms with Gasteiger partial charge in [-0.1, -0.05) is 12.1 Å². The van der Waals surface area contributed by atoms with Gasteiger partial charge in [-0.25, -0.2) is 0 Å². The van der Waals surface area contributed by atoms with Gasteiger partial charge in [0, 0.05) is 11.7 Å². The Kier molecular flexibility index (Phi) is 3.30. The number of nitrogen functional groups attached to an aromatic ring is 1. The van der Waals surface area contributed by atoms with E-state index in [0.29, 0.717) is 0 Å². The van der Waals surface area contributed by atoms with Crippen molar-refractivity contribution >= 4 is 5.69 Å². The Morgan fingerprint density at radius 1 is 0.882 bits per heavy atom. The summed E-state index contributed by atoms with van der Waals surface area (Å²) in [6.45, 7) is 1.95. The van der Waals surface area contributed by atoms with Crippen LogP contribution in [0, 0.1) is 0 Å². The largest absolute Gasteiger partial charge is 0.457 e. The Morgan fingerprint density at radius 3 is 1.82 bits per heavy atom. The molecule has 3 nitrogen and oxygen atoms in total. The zero-order valence-corrected chi connectivity index (χ0v) is 9.76. The summed E-state index contributed by atoms with van der Waals surface area (Å²) >= 11 is 0. The average Bonchev–Trinajstić information content (AvgIpc) is 2.33. The number of rotatable bonds is 3. The molecule has 3 heteroatoms. The fourth-order valence-corrected chi connectivity index (χ4v) is 1.51. The molecule has 4 N–H and O–H groups in total. The quantitative estimate of drug-likeness (QED) is 0.793. The van der Waals surface area contributed by atoms with Gasteiger partial charge in [0.25, 0.3) is 0 Å². The third kappa shape index (κ3) is 2.98. The molecule has 1 atom stereocenters. The van der Waals surface area contributed by atoms with Crippen molar-refractivity contribution < 1.29 is 4.74 Å². The topological polar surface area (TPSA) is 61.3 Å². The van der Waals surface area contributed by atoms with Gasteiger partial charge in [-0.15, -0.1) is 0 Å². The Morgan fingerprint density at radius 2 is 1.35 bits per heavy atom. The summed E-state index contributed by atoms with van der Waals surface area (Å²) in [5.74, 6) is 1.56. The van der Waals surface area contributed by atoms with Crippen LogP contribution in [-0.4, -0.2) is 0 Å². The average molecular weight is 228 g/mol.